The lowest BCUT2D eigenvalue weighted by Crippen LogP contribution is -2.07. The largest absolute Gasteiger partial charge is 0.382 e. The van der Waals surface area contributed by atoms with E-state index < -0.39 is 6.10 Å². The molecule has 0 radical (unpaired) electrons. The highest BCUT2D eigenvalue weighted by atomic mass is 79.9. The summed E-state index contributed by atoms with van der Waals surface area (Å²) < 4.78 is 15.6. The van der Waals surface area contributed by atoms with Gasteiger partial charge in [0.05, 0.1) is 16.4 Å². The van der Waals surface area contributed by atoms with E-state index in [1.54, 1.807) is 30.9 Å². The molecule has 2 aromatic rings. The summed E-state index contributed by atoms with van der Waals surface area (Å²) in [6.45, 7) is 1.79. The molecule has 0 saturated carbocycles. The lowest BCUT2D eigenvalue weighted by atomic mass is 10.0. The lowest BCUT2D eigenvalue weighted by molar-refractivity contribution is 0.208. The van der Waals surface area contributed by atoms with E-state index in [-0.39, 0.29) is 5.82 Å². The minimum atomic E-state index is -0.897. The first-order valence-corrected chi connectivity index (χ1v) is 5.91. The fourth-order valence-electron chi connectivity index (χ4n) is 1.81. The minimum Gasteiger partial charge on any atom is -0.382 e. The van der Waals surface area contributed by atoms with Gasteiger partial charge in [-0.25, -0.2) is 4.39 Å². The van der Waals surface area contributed by atoms with Gasteiger partial charge in [-0.1, -0.05) is 6.07 Å². The molecule has 0 amide bonds. The Hall–Kier alpha value is -1.20. The summed E-state index contributed by atoms with van der Waals surface area (Å²) >= 11 is 3.31. The number of hydrogen-bond donors (Lipinski definition) is 1. The fourth-order valence-corrected chi connectivity index (χ4v) is 2.37. The third kappa shape index (κ3) is 2.40. The number of halogens is 2. The van der Waals surface area contributed by atoms with Crippen molar-refractivity contribution in [3.8, 4) is 0 Å². The Morgan fingerprint density at radius 2 is 2.12 bits per heavy atom. The van der Waals surface area contributed by atoms with Gasteiger partial charge in [-0.3, -0.25) is 4.68 Å². The first-order valence-electron chi connectivity index (χ1n) is 5.11. The van der Waals surface area contributed by atoms with Crippen molar-refractivity contribution in [3.63, 3.8) is 0 Å². The van der Waals surface area contributed by atoms with E-state index in [9.17, 15) is 9.50 Å². The summed E-state index contributed by atoms with van der Waals surface area (Å²) in [6, 6.07) is 4.51. The van der Waals surface area contributed by atoms with Crippen LogP contribution in [0.3, 0.4) is 0 Å². The highest BCUT2D eigenvalue weighted by Crippen LogP contribution is 2.28. The zero-order valence-electron chi connectivity index (χ0n) is 9.48. The number of aryl methyl sites for hydroxylation is 2. The van der Waals surface area contributed by atoms with E-state index in [0.29, 0.717) is 15.7 Å². The summed E-state index contributed by atoms with van der Waals surface area (Å²) in [7, 11) is 1.73. The van der Waals surface area contributed by atoms with Crippen molar-refractivity contribution in [2.75, 3.05) is 0 Å². The smallest absolute Gasteiger partial charge is 0.123 e. The third-order valence-electron chi connectivity index (χ3n) is 2.58. The van der Waals surface area contributed by atoms with Gasteiger partial charge in [-0.05, 0) is 46.1 Å². The average Bonchev–Trinajstić information content (AvgIpc) is 2.56. The van der Waals surface area contributed by atoms with E-state index in [2.05, 4.69) is 21.0 Å². The maximum atomic E-state index is 13.3. The van der Waals surface area contributed by atoms with E-state index in [1.807, 2.05) is 0 Å². The number of nitrogens with zero attached hydrogens (tertiary/aromatic N) is 2. The quantitative estimate of drug-likeness (QED) is 0.926. The molecular weight excluding hydrogens is 287 g/mol. The molecule has 1 heterocycles. The molecule has 0 aliphatic heterocycles. The first kappa shape index (κ1) is 12.3. The molecule has 5 heteroatoms. The van der Waals surface area contributed by atoms with Crippen molar-refractivity contribution in [2.45, 2.75) is 13.0 Å². The van der Waals surface area contributed by atoms with E-state index >= 15 is 0 Å². The Kier molecular flexibility index (Phi) is 3.31. The minimum absolute atomic E-state index is 0.350. The molecule has 0 saturated heterocycles. The molecule has 3 nitrogen and oxygen atoms in total. The summed E-state index contributed by atoms with van der Waals surface area (Å²) in [4.78, 5) is 0. The molecule has 2 rings (SSSR count). The van der Waals surface area contributed by atoms with E-state index in [4.69, 9.17) is 0 Å². The van der Waals surface area contributed by atoms with Crippen LogP contribution >= 0.6 is 15.9 Å². The van der Waals surface area contributed by atoms with Crippen LogP contribution in [-0.4, -0.2) is 14.9 Å². The Morgan fingerprint density at radius 1 is 1.41 bits per heavy atom. The molecule has 1 aromatic heterocycles. The maximum Gasteiger partial charge on any atom is 0.123 e. The van der Waals surface area contributed by atoms with Crippen LogP contribution in [0.25, 0.3) is 0 Å². The number of aliphatic hydroxyl groups is 1. The van der Waals surface area contributed by atoms with Crippen LogP contribution in [0.5, 0.6) is 0 Å². The molecule has 90 valence electrons. The predicted octanol–water partition coefficient (Wildman–Crippen LogP) is 2.71. The zero-order chi connectivity index (χ0) is 12.6. The molecule has 1 N–H and O–H groups in total. The van der Waals surface area contributed by atoms with Crippen LogP contribution in [0.1, 0.15) is 22.9 Å². The van der Waals surface area contributed by atoms with Gasteiger partial charge < -0.3 is 5.11 Å². The average molecular weight is 299 g/mol. The second-order valence-corrected chi connectivity index (χ2v) is 4.82. The zero-order valence-corrected chi connectivity index (χ0v) is 11.1. The topological polar surface area (TPSA) is 38.1 Å². The van der Waals surface area contributed by atoms with Gasteiger partial charge in [0.25, 0.3) is 0 Å². The summed E-state index contributed by atoms with van der Waals surface area (Å²) in [5.74, 6) is -0.350. The lowest BCUT2D eigenvalue weighted by Gasteiger charge is -2.13. The molecule has 1 aromatic carbocycles. The van der Waals surface area contributed by atoms with Crippen molar-refractivity contribution in [1.82, 2.24) is 9.78 Å². The molecule has 17 heavy (non-hydrogen) atoms. The van der Waals surface area contributed by atoms with Gasteiger partial charge in [0.1, 0.15) is 11.9 Å². The van der Waals surface area contributed by atoms with Crippen molar-refractivity contribution in [2.24, 2.45) is 7.05 Å². The first-order chi connectivity index (χ1) is 7.99. The Balaban J connectivity index is 2.47. The molecule has 1 unspecified atom stereocenters. The van der Waals surface area contributed by atoms with Gasteiger partial charge in [0.15, 0.2) is 0 Å². The molecule has 0 aliphatic rings. The van der Waals surface area contributed by atoms with Gasteiger partial charge in [0, 0.05) is 7.05 Å². The molecule has 0 spiro atoms. The highest BCUT2D eigenvalue weighted by molar-refractivity contribution is 9.10. The van der Waals surface area contributed by atoms with Crippen LogP contribution in [0.15, 0.2) is 28.9 Å². The summed E-state index contributed by atoms with van der Waals surface area (Å²) in [5, 5.41) is 14.3. The van der Waals surface area contributed by atoms with Gasteiger partial charge in [-0.15, -0.1) is 0 Å². The number of benzene rings is 1. The highest BCUT2D eigenvalue weighted by Gasteiger charge is 2.18. The van der Waals surface area contributed by atoms with Crippen LogP contribution < -0.4 is 0 Å². The molecule has 0 aliphatic carbocycles. The Labute approximate surface area is 107 Å². The van der Waals surface area contributed by atoms with Gasteiger partial charge in [0.2, 0.25) is 0 Å². The predicted molar refractivity (Wildman–Crippen MR) is 66.1 cm³/mol. The molecule has 1 atom stereocenters. The summed E-state index contributed by atoms with van der Waals surface area (Å²) in [6.07, 6.45) is 0.705. The Morgan fingerprint density at radius 3 is 2.65 bits per heavy atom. The maximum absolute atomic E-state index is 13.3. The number of hydrogen-bond acceptors (Lipinski definition) is 2. The van der Waals surface area contributed by atoms with Crippen LogP contribution in [-0.2, 0) is 7.05 Å². The van der Waals surface area contributed by atoms with Crippen LogP contribution in [0.4, 0.5) is 4.39 Å². The SMILES string of the molecule is Cc1cc(F)cc(C(O)c2c(Br)cnn2C)c1. The normalized spacial score (nSPS) is 12.8. The van der Waals surface area contributed by atoms with Crippen LogP contribution in [0, 0.1) is 12.7 Å². The third-order valence-corrected chi connectivity index (χ3v) is 3.19. The standard InChI is InChI=1S/C12H12BrFN2O/c1-7-3-8(5-9(14)4-7)12(17)11-10(13)6-15-16(11)2/h3-6,12,17H,1-2H3. The Bertz CT molecular complexity index is 514. The number of aromatic nitrogens is 2. The number of aliphatic hydroxyl groups excluding tert-OH is 1. The molecule has 0 fully saturated rings. The summed E-state index contributed by atoms with van der Waals surface area (Å²) in [5.41, 5.74) is 1.90. The van der Waals surface area contributed by atoms with Crippen molar-refractivity contribution >= 4 is 15.9 Å². The second-order valence-electron chi connectivity index (χ2n) is 3.97. The monoisotopic (exact) mass is 298 g/mol. The van der Waals surface area contributed by atoms with Gasteiger partial charge in [-0.2, -0.15) is 5.10 Å². The fraction of sp³-hybridized carbons (Fsp3) is 0.250. The van der Waals surface area contributed by atoms with E-state index in [1.165, 1.54) is 12.1 Å². The molecule has 0 bridgehead atoms. The van der Waals surface area contributed by atoms with E-state index in [0.717, 1.165) is 5.56 Å². The van der Waals surface area contributed by atoms with Crippen molar-refractivity contribution < 1.29 is 9.50 Å². The molecular formula is C12H12BrFN2O. The van der Waals surface area contributed by atoms with Crippen molar-refractivity contribution in [1.29, 1.82) is 0 Å². The van der Waals surface area contributed by atoms with Crippen LogP contribution in [0.2, 0.25) is 0 Å². The van der Waals surface area contributed by atoms with Crippen molar-refractivity contribution in [3.05, 3.63) is 51.5 Å². The number of rotatable bonds is 2. The second kappa shape index (κ2) is 4.58. The van der Waals surface area contributed by atoms with Gasteiger partial charge >= 0.3 is 0 Å².